The molecule has 0 spiro atoms. The van der Waals surface area contributed by atoms with E-state index in [1.165, 1.54) is 0 Å². The van der Waals surface area contributed by atoms with Gasteiger partial charge in [0.05, 0.1) is 11.1 Å². The third-order valence-electron chi connectivity index (χ3n) is 5.06. The maximum absolute atomic E-state index is 14.4. The number of nitriles is 1. The van der Waals surface area contributed by atoms with E-state index in [1.807, 2.05) is 17.5 Å². The molecule has 1 heterocycles. The van der Waals surface area contributed by atoms with Crippen molar-refractivity contribution in [3.8, 4) is 5.40 Å². The molecule has 0 saturated heterocycles. The Morgan fingerprint density at radius 1 is 0.800 bits per heavy atom. The van der Waals surface area contributed by atoms with Gasteiger partial charge in [-0.2, -0.15) is 5.26 Å². The number of thioether (sulfide) groups is 1. The molecule has 0 aliphatic carbocycles. The first-order valence-corrected chi connectivity index (χ1v) is 12.1. The second-order valence-electron chi connectivity index (χ2n) is 6.78. The zero-order valence-electron chi connectivity index (χ0n) is 15.8. The molecule has 30 heavy (non-hydrogen) atoms. The highest BCUT2D eigenvalue weighted by Crippen LogP contribution is 2.47. The normalized spacial score (nSPS) is 14.3. The molecule has 0 radical (unpaired) electrons. The summed E-state index contributed by atoms with van der Waals surface area (Å²) in [4.78, 5) is 27.0. The van der Waals surface area contributed by atoms with Gasteiger partial charge < -0.3 is 4.57 Å². The molecule has 148 valence electrons. The van der Waals surface area contributed by atoms with Crippen molar-refractivity contribution in [2.24, 2.45) is 0 Å². The largest absolute Gasteiger partial charge is 0.314 e. The lowest BCUT2D eigenvalue weighted by molar-refractivity contribution is 0.0648. The minimum absolute atomic E-state index is 0.0231. The van der Waals surface area contributed by atoms with Gasteiger partial charge in [-0.3, -0.25) is 14.5 Å². The first-order chi connectivity index (χ1) is 14.6. The smallest absolute Gasteiger partial charge is 0.262 e. The minimum Gasteiger partial charge on any atom is -0.314 e. The Labute approximate surface area is 178 Å². The molecular formula is C23H17N2O3PS. The predicted octanol–water partition coefficient (Wildman–Crippen LogP) is 3.84. The number of rotatable bonds is 6. The van der Waals surface area contributed by atoms with Crippen LogP contribution in [-0.4, -0.2) is 28.3 Å². The van der Waals surface area contributed by atoms with E-state index in [0.717, 1.165) is 16.7 Å². The average Bonchev–Trinajstić information content (AvgIpc) is 3.05. The lowest BCUT2D eigenvalue weighted by Crippen LogP contribution is -2.41. The summed E-state index contributed by atoms with van der Waals surface area (Å²) in [6.07, 6.45) is -0.0231. The zero-order chi connectivity index (χ0) is 21.1. The first kappa shape index (κ1) is 20.2. The fourth-order valence-electron chi connectivity index (χ4n) is 3.62. The highest BCUT2D eigenvalue weighted by Gasteiger charge is 2.43. The maximum atomic E-state index is 14.4. The van der Waals surface area contributed by atoms with Gasteiger partial charge in [0, 0.05) is 16.8 Å². The minimum atomic E-state index is -3.23. The van der Waals surface area contributed by atoms with Gasteiger partial charge in [-0.15, -0.1) is 0 Å². The maximum Gasteiger partial charge on any atom is 0.262 e. The number of nitrogens with zero attached hydrogens (tertiary/aromatic N) is 2. The van der Waals surface area contributed by atoms with E-state index >= 15 is 0 Å². The van der Waals surface area contributed by atoms with E-state index < -0.39 is 24.3 Å². The summed E-state index contributed by atoms with van der Waals surface area (Å²) in [7, 11) is -3.23. The number of fused-ring (bicyclic) bond motifs is 1. The topological polar surface area (TPSA) is 78.2 Å². The lowest BCUT2D eigenvalue weighted by Gasteiger charge is -2.28. The number of carbonyl (C=O) groups excluding carboxylic acids is 2. The van der Waals surface area contributed by atoms with Crippen LogP contribution in [0, 0.1) is 10.7 Å². The quantitative estimate of drug-likeness (QED) is 0.336. The van der Waals surface area contributed by atoms with Gasteiger partial charge in [0.15, 0.2) is 0 Å². The van der Waals surface area contributed by atoms with Gasteiger partial charge in [-0.25, -0.2) is 0 Å². The van der Waals surface area contributed by atoms with Crippen LogP contribution in [0.3, 0.4) is 0 Å². The predicted molar refractivity (Wildman–Crippen MR) is 119 cm³/mol. The Balaban J connectivity index is 1.78. The van der Waals surface area contributed by atoms with Crippen LogP contribution in [-0.2, 0) is 4.57 Å². The van der Waals surface area contributed by atoms with Crippen LogP contribution in [0.15, 0.2) is 84.9 Å². The van der Waals surface area contributed by atoms with Crippen LogP contribution in [0.4, 0.5) is 0 Å². The number of imide groups is 1. The lowest BCUT2D eigenvalue weighted by atomic mass is 10.1. The molecule has 5 nitrogen and oxygen atoms in total. The van der Waals surface area contributed by atoms with Crippen molar-refractivity contribution in [2.45, 2.75) is 5.37 Å². The van der Waals surface area contributed by atoms with E-state index in [9.17, 15) is 19.4 Å². The second-order valence-corrected chi connectivity index (χ2v) is 10.6. The molecule has 0 N–H and O–H groups in total. The number of benzene rings is 3. The van der Waals surface area contributed by atoms with E-state index in [-0.39, 0.29) is 6.16 Å². The fourth-order valence-corrected chi connectivity index (χ4v) is 7.60. The summed E-state index contributed by atoms with van der Waals surface area (Å²) in [5.41, 5.74) is 0.612. The molecule has 1 aliphatic heterocycles. The van der Waals surface area contributed by atoms with Crippen molar-refractivity contribution < 1.29 is 14.2 Å². The van der Waals surface area contributed by atoms with Crippen molar-refractivity contribution in [3.05, 3.63) is 96.1 Å². The second kappa shape index (κ2) is 8.31. The first-order valence-electron chi connectivity index (χ1n) is 9.28. The van der Waals surface area contributed by atoms with Gasteiger partial charge in [-0.1, -0.05) is 72.8 Å². The highest BCUT2D eigenvalue weighted by atomic mass is 32.2. The molecule has 4 rings (SSSR count). The molecule has 1 unspecified atom stereocenters. The monoisotopic (exact) mass is 432 g/mol. The summed E-state index contributed by atoms with van der Waals surface area (Å²) >= 11 is 0.786. The van der Waals surface area contributed by atoms with E-state index in [0.29, 0.717) is 21.7 Å². The summed E-state index contributed by atoms with van der Waals surface area (Å²) in [6.45, 7) is 0. The van der Waals surface area contributed by atoms with Crippen LogP contribution in [0.2, 0.25) is 0 Å². The summed E-state index contributed by atoms with van der Waals surface area (Å²) in [5, 5.41) is 11.7. The number of thiocyanates is 1. The molecule has 2 amide bonds. The molecule has 0 fully saturated rings. The third-order valence-corrected chi connectivity index (χ3v) is 9.19. The Kier molecular flexibility index (Phi) is 5.59. The molecule has 1 atom stereocenters. The summed E-state index contributed by atoms with van der Waals surface area (Å²) in [6, 6.07) is 24.6. The Bertz CT molecular complexity index is 1110. The van der Waals surface area contributed by atoms with Gasteiger partial charge in [0.1, 0.15) is 17.9 Å². The van der Waals surface area contributed by atoms with Crippen molar-refractivity contribution in [3.63, 3.8) is 0 Å². The zero-order valence-corrected chi connectivity index (χ0v) is 17.6. The molecular weight excluding hydrogens is 415 g/mol. The van der Waals surface area contributed by atoms with Crippen LogP contribution >= 0.6 is 18.9 Å². The van der Waals surface area contributed by atoms with Crippen molar-refractivity contribution in [1.82, 2.24) is 4.90 Å². The van der Waals surface area contributed by atoms with Crippen molar-refractivity contribution >= 4 is 41.3 Å². The van der Waals surface area contributed by atoms with Gasteiger partial charge in [0.25, 0.3) is 11.8 Å². The van der Waals surface area contributed by atoms with Crippen molar-refractivity contribution in [1.29, 1.82) is 5.26 Å². The van der Waals surface area contributed by atoms with Gasteiger partial charge in [-0.05, 0) is 23.9 Å². The number of hydrogen-bond acceptors (Lipinski definition) is 5. The molecule has 3 aromatic rings. The summed E-state index contributed by atoms with van der Waals surface area (Å²) in [5.74, 6) is -0.924. The molecule has 1 aliphatic rings. The molecule has 7 heteroatoms. The highest BCUT2D eigenvalue weighted by molar-refractivity contribution is 8.04. The Hall–Kier alpha value is -3.13. The number of hydrogen-bond donors (Lipinski definition) is 0. The van der Waals surface area contributed by atoms with E-state index in [2.05, 4.69) is 0 Å². The molecule has 0 saturated carbocycles. The van der Waals surface area contributed by atoms with Gasteiger partial charge >= 0.3 is 0 Å². The average molecular weight is 432 g/mol. The Morgan fingerprint density at radius 2 is 1.23 bits per heavy atom. The van der Waals surface area contributed by atoms with Crippen LogP contribution in [0.5, 0.6) is 0 Å². The fraction of sp³-hybridized carbons (Fsp3) is 0.0870. The van der Waals surface area contributed by atoms with E-state index in [4.69, 9.17) is 0 Å². The molecule has 0 aromatic heterocycles. The van der Waals surface area contributed by atoms with E-state index in [1.54, 1.807) is 72.8 Å². The molecule has 3 aromatic carbocycles. The van der Waals surface area contributed by atoms with Gasteiger partial charge in [0.2, 0.25) is 0 Å². The SMILES string of the molecule is N#CSC(CP(=O)(c1ccccc1)c1ccccc1)N1C(=O)c2ccccc2C1=O. The summed E-state index contributed by atoms with van der Waals surface area (Å²) < 4.78 is 14.4. The molecule has 0 bridgehead atoms. The number of amides is 2. The van der Waals surface area contributed by atoms with Crippen LogP contribution in [0.1, 0.15) is 20.7 Å². The van der Waals surface area contributed by atoms with Crippen LogP contribution in [0.25, 0.3) is 0 Å². The number of carbonyl (C=O) groups is 2. The third kappa shape index (κ3) is 3.47. The Morgan fingerprint density at radius 3 is 1.67 bits per heavy atom. The standard InChI is InChI=1S/C23H17N2O3PS/c24-16-30-21(25-22(26)19-13-7-8-14-20(19)23(25)27)15-29(28,17-9-3-1-4-10-17)18-11-5-2-6-12-18/h1-14,21H,15H2. The van der Waals surface area contributed by atoms with Crippen LogP contribution < -0.4 is 10.6 Å². The van der Waals surface area contributed by atoms with Crippen molar-refractivity contribution in [2.75, 3.05) is 6.16 Å².